The Morgan fingerprint density at radius 3 is 3.00 bits per heavy atom. The van der Waals surface area contributed by atoms with E-state index >= 15 is 0 Å². The summed E-state index contributed by atoms with van der Waals surface area (Å²) in [5.41, 5.74) is 1.14. The molecule has 2 aromatic heterocycles. The van der Waals surface area contributed by atoms with Crippen LogP contribution >= 0.6 is 0 Å². The van der Waals surface area contributed by atoms with Gasteiger partial charge in [-0.25, -0.2) is 4.68 Å². The average molecular weight is 217 g/mol. The van der Waals surface area contributed by atoms with Gasteiger partial charge in [-0.15, -0.1) is 5.10 Å². The molecule has 0 amide bonds. The molecule has 2 rings (SSSR count). The Morgan fingerprint density at radius 2 is 2.31 bits per heavy atom. The Balaban J connectivity index is 2.08. The summed E-state index contributed by atoms with van der Waals surface area (Å²) in [6, 6.07) is 4.19. The van der Waals surface area contributed by atoms with E-state index in [4.69, 9.17) is 0 Å². The Labute approximate surface area is 94.5 Å². The normalized spacial score (nSPS) is 10.9. The second kappa shape index (κ2) is 4.85. The Kier molecular flexibility index (Phi) is 3.26. The van der Waals surface area contributed by atoms with Crippen LogP contribution in [0.2, 0.25) is 0 Å². The summed E-state index contributed by atoms with van der Waals surface area (Å²) in [6.45, 7) is 5.05. The van der Waals surface area contributed by atoms with Gasteiger partial charge < -0.3 is 5.32 Å². The highest BCUT2D eigenvalue weighted by molar-refractivity contribution is 5.20. The lowest BCUT2D eigenvalue weighted by molar-refractivity contribution is 0.589. The van der Waals surface area contributed by atoms with Crippen LogP contribution in [0.4, 0.5) is 0 Å². The molecule has 0 saturated heterocycles. The standard InChI is InChI=1S/C11H15N5/c1-9(2)12-6-10-7-14-16(8-10)11-4-3-5-13-15-11/h3-5,7-9,12H,6H2,1-2H3. The van der Waals surface area contributed by atoms with Gasteiger partial charge in [0.05, 0.1) is 6.20 Å². The first-order valence-corrected chi connectivity index (χ1v) is 5.30. The van der Waals surface area contributed by atoms with Gasteiger partial charge in [0.2, 0.25) is 0 Å². The number of hydrogen-bond acceptors (Lipinski definition) is 4. The van der Waals surface area contributed by atoms with Gasteiger partial charge in [-0.3, -0.25) is 0 Å². The van der Waals surface area contributed by atoms with Crippen molar-refractivity contribution in [2.45, 2.75) is 26.4 Å². The summed E-state index contributed by atoms with van der Waals surface area (Å²) in [7, 11) is 0. The number of rotatable bonds is 4. The molecule has 0 spiro atoms. The molecule has 2 heterocycles. The van der Waals surface area contributed by atoms with Gasteiger partial charge in [0.1, 0.15) is 0 Å². The minimum absolute atomic E-state index is 0.472. The molecule has 84 valence electrons. The molecule has 0 aliphatic heterocycles. The van der Waals surface area contributed by atoms with Gasteiger partial charge >= 0.3 is 0 Å². The van der Waals surface area contributed by atoms with Gasteiger partial charge in [0.25, 0.3) is 0 Å². The first kappa shape index (κ1) is 10.8. The third-order valence-corrected chi connectivity index (χ3v) is 2.14. The lowest BCUT2D eigenvalue weighted by Crippen LogP contribution is -2.21. The van der Waals surface area contributed by atoms with Crippen molar-refractivity contribution in [3.05, 3.63) is 36.3 Å². The van der Waals surface area contributed by atoms with E-state index in [0.29, 0.717) is 6.04 Å². The van der Waals surface area contributed by atoms with E-state index in [1.807, 2.05) is 24.5 Å². The first-order chi connectivity index (χ1) is 7.75. The van der Waals surface area contributed by atoms with Crippen LogP contribution in [0, 0.1) is 0 Å². The lowest BCUT2D eigenvalue weighted by atomic mass is 10.3. The molecule has 0 aliphatic carbocycles. The summed E-state index contributed by atoms with van der Waals surface area (Å²) < 4.78 is 1.73. The molecule has 0 saturated carbocycles. The fourth-order valence-corrected chi connectivity index (χ4v) is 1.31. The van der Waals surface area contributed by atoms with Crippen molar-refractivity contribution in [2.75, 3.05) is 0 Å². The van der Waals surface area contributed by atoms with Crippen LogP contribution in [-0.4, -0.2) is 26.0 Å². The molecule has 0 aliphatic rings. The minimum Gasteiger partial charge on any atom is -0.310 e. The van der Waals surface area contributed by atoms with Gasteiger partial charge in [-0.1, -0.05) is 13.8 Å². The number of hydrogen-bond donors (Lipinski definition) is 1. The minimum atomic E-state index is 0.472. The van der Waals surface area contributed by atoms with Crippen molar-refractivity contribution < 1.29 is 0 Å². The van der Waals surface area contributed by atoms with Crippen LogP contribution in [0.5, 0.6) is 0 Å². The fraction of sp³-hybridized carbons (Fsp3) is 0.364. The van der Waals surface area contributed by atoms with Gasteiger partial charge in [0, 0.05) is 30.5 Å². The molecule has 1 N–H and O–H groups in total. The highest BCUT2D eigenvalue weighted by Crippen LogP contribution is 2.03. The van der Waals surface area contributed by atoms with Crippen molar-refractivity contribution in [2.24, 2.45) is 0 Å². The molecule has 16 heavy (non-hydrogen) atoms. The molecule has 5 heteroatoms. The first-order valence-electron chi connectivity index (χ1n) is 5.30. The zero-order chi connectivity index (χ0) is 11.4. The quantitative estimate of drug-likeness (QED) is 0.835. The molecular formula is C11H15N5. The van der Waals surface area contributed by atoms with E-state index in [9.17, 15) is 0 Å². The van der Waals surface area contributed by atoms with Gasteiger partial charge in [-0.2, -0.15) is 10.2 Å². The van der Waals surface area contributed by atoms with Crippen LogP contribution in [0.3, 0.4) is 0 Å². The van der Waals surface area contributed by atoms with Crippen LogP contribution in [-0.2, 0) is 6.54 Å². The van der Waals surface area contributed by atoms with Crippen molar-refractivity contribution >= 4 is 0 Å². The van der Waals surface area contributed by atoms with Crippen LogP contribution in [0.25, 0.3) is 5.82 Å². The predicted octanol–water partition coefficient (Wildman–Crippen LogP) is 1.16. The van der Waals surface area contributed by atoms with Gasteiger partial charge in [0.15, 0.2) is 5.82 Å². The maximum absolute atomic E-state index is 4.24. The summed E-state index contributed by atoms with van der Waals surface area (Å²) >= 11 is 0. The van der Waals surface area contributed by atoms with E-state index in [1.54, 1.807) is 10.9 Å². The topological polar surface area (TPSA) is 55.6 Å². The molecule has 0 unspecified atom stereocenters. The lowest BCUT2D eigenvalue weighted by Gasteiger charge is -2.04. The molecular weight excluding hydrogens is 202 g/mol. The second-order valence-corrected chi connectivity index (χ2v) is 3.91. The van der Waals surface area contributed by atoms with Gasteiger partial charge in [-0.05, 0) is 12.1 Å². The number of nitrogens with zero attached hydrogens (tertiary/aromatic N) is 4. The summed E-state index contributed by atoms with van der Waals surface area (Å²) in [6.07, 6.45) is 5.44. The smallest absolute Gasteiger partial charge is 0.175 e. The monoisotopic (exact) mass is 217 g/mol. The Hall–Kier alpha value is -1.75. The van der Waals surface area contributed by atoms with Crippen molar-refractivity contribution in [1.29, 1.82) is 0 Å². The molecule has 0 fully saturated rings. The Bertz CT molecular complexity index is 435. The number of aromatic nitrogens is 4. The van der Waals surface area contributed by atoms with Crippen molar-refractivity contribution in [1.82, 2.24) is 25.3 Å². The van der Waals surface area contributed by atoms with E-state index in [2.05, 4.69) is 34.5 Å². The zero-order valence-electron chi connectivity index (χ0n) is 9.46. The molecule has 5 nitrogen and oxygen atoms in total. The Morgan fingerprint density at radius 1 is 1.44 bits per heavy atom. The largest absolute Gasteiger partial charge is 0.310 e. The maximum atomic E-state index is 4.24. The zero-order valence-corrected chi connectivity index (χ0v) is 9.46. The predicted molar refractivity (Wildman–Crippen MR) is 61.1 cm³/mol. The third kappa shape index (κ3) is 2.64. The summed E-state index contributed by atoms with van der Waals surface area (Å²) in [4.78, 5) is 0. The van der Waals surface area contributed by atoms with E-state index in [1.165, 1.54) is 0 Å². The van der Waals surface area contributed by atoms with E-state index < -0.39 is 0 Å². The fourth-order valence-electron chi connectivity index (χ4n) is 1.31. The molecule has 0 bridgehead atoms. The van der Waals surface area contributed by atoms with E-state index in [0.717, 1.165) is 17.9 Å². The molecule has 0 aromatic carbocycles. The molecule has 0 atom stereocenters. The summed E-state index contributed by atoms with van der Waals surface area (Å²) in [5.74, 6) is 0.735. The van der Waals surface area contributed by atoms with Crippen LogP contribution in [0.15, 0.2) is 30.7 Å². The summed E-state index contributed by atoms with van der Waals surface area (Å²) in [5, 5.41) is 15.4. The maximum Gasteiger partial charge on any atom is 0.175 e. The highest BCUT2D eigenvalue weighted by Gasteiger charge is 2.02. The molecule has 0 radical (unpaired) electrons. The van der Waals surface area contributed by atoms with Crippen molar-refractivity contribution in [3.8, 4) is 5.82 Å². The van der Waals surface area contributed by atoms with Crippen LogP contribution in [0.1, 0.15) is 19.4 Å². The molecule has 2 aromatic rings. The van der Waals surface area contributed by atoms with Crippen LogP contribution < -0.4 is 5.32 Å². The number of nitrogens with one attached hydrogen (secondary N) is 1. The van der Waals surface area contributed by atoms with E-state index in [-0.39, 0.29) is 0 Å². The second-order valence-electron chi connectivity index (χ2n) is 3.91. The van der Waals surface area contributed by atoms with Crippen molar-refractivity contribution in [3.63, 3.8) is 0 Å². The SMILES string of the molecule is CC(C)NCc1cnn(-c2cccnn2)c1. The average Bonchev–Trinajstić information content (AvgIpc) is 2.76. The highest BCUT2D eigenvalue weighted by atomic mass is 15.3. The third-order valence-electron chi connectivity index (χ3n) is 2.14.